The van der Waals surface area contributed by atoms with Gasteiger partial charge in [-0.25, -0.2) is 29.9 Å². The molecule has 2 aliphatic heterocycles. The van der Waals surface area contributed by atoms with Crippen molar-refractivity contribution in [3.63, 3.8) is 0 Å². The first-order chi connectivity index (χ1) is 55.5. The van der Waals surface area contributed by atoms with Crippen LogP contribution in [-0.2, 0) is 0 Å². The van der Waals surface area contributed by atoms with Gasteiger partial charge in [-0.05, 0) is 135 Å². The van der Waals surface area contributed by atoms with Crippen LogP contribution in [-0.4, -0.2) is 42.0 Å². The van der Waals surface area contributed by atoms with E-state index in [9.17, 15) is 0 Å². The van der Waals surface area contributed by atoms with Gasteiger partial charge in [-0.15, -0.1) is 0 Å². The highest BCUT2D eigenvalue weighted by Crippen LogP contribution is 2.57. The van der Waals surface area contributed by atoms with Gasteiger partial charge in [0.25, 0.3) is 0 Å². The minimum Gasteiger partial charge on any atom is -0.456 e. The van der Waals surface area contributed by atoms with Gasteiger partial charge in [0.1, 0.15) is 22.7 Å². The first-order valence-electron chi connectivity index (χ1n) is 38.0. The number of aromatic nitrogens is 6. The third-order valence-electron chi connectivity index (χ3n) is 22.1. The number of fused-ring (bicyclic) bond motifs is 14. The van der Waals surface area contributed by atoms with Crippen molar-refractivity contribution in [3.05, 3.63) is 410 Å². The summed E-state index contributed by atoms with van der Waals surface area (Å²) in [5.74, 6) is 5.47. The zero-order valence-electron chi connectivity index (χ0n) is 60.7. The second-order valence-corrected chi connectivity index (χ2v) is 28.7. The molecule has 4 aliphatic rings. The van der Waals surface area contributed by atoms with Gasteiger partial charge in [0.2, 0.25) is 0 Å². The Morgan fingerprint density at radius 1 is 0.232 bits per heavy atom. The molecule has 4 atom stereocenters. The number of furan rings is 2. The lowest BCUT2D eigenvalue weighted by atomic mass is 9.82. The molecule has 22 rings (SSSR count). The van der Waals surface area contributed by atoms with E-state index in [1.54, 1.807) is 0 Å². The summed E-state index contributed by atoms with van der Waals surface area (Å²) in [6.07, 6.45) is 8.92. The van der Waals surface area contributed by atoms with Crippen LogP contribution < -0.4 is 9.80 Å². The second kappa shape index (κ2) is 27.8. The lowest BCUT2D eigenvalue weighted by molar-refractivity contribution is 0.584. The minimum atomic E-state index is 0.0500. The molecule has 18 aromatic rings. The van der Waals surface area contributed by atoms with E-state index < -0.39 is 0 Å². The number of rotatable bonds is 12. The summed E-state index contributed by atoms with van der Waals surface area (Å²) in [4.78, 5) is 35.6. The van der Waals surface area contributed by atoms with Crippen molar-refractivity contribution in [2.75, 3.05) is 9.80 Å². The lowest BCUT2D eigenvalue weighted by Gasteiger charge is -2.30. The third-order valence-corrected chi connectivity index (χ3v) is 22.1. The molecule has 0 fully saturated rings. The zero-order chi connectivity index (χ0) is 74.0. The van der Waals surface area contributed by atoms with E-state index in [0.717, 1.165) is 94.8 Å². The van der Waals surface area contributed by atoms with E-state index in [2.05, 4.69) is 307 Å². The molecule has 4 aromatic heterocycles. The van der Waals surface area contributed by atoms with Gasteiger partial charge >= 0.3 is 0 Å². The summed E-state index contributed by atoms with van der Waals surface area (Å²) in [6.45, 7) is 0. The molecule has 0 amide bonds. The van der Waals surface area contributed by atoms with Gasteiger partial charge in [-0.3, -0.25) is 0 Å². The summed E-state index contributed by atoms with van der Waals surface area (Å²) in [7, 11) is 0. The SMILES string of the molecule is C1=CC2C(c3ccccc3N2c2cccc(-c3ccccc3)c2)c2c1oc1c(-c3nc(-c4ccccc4)nc(-c4cc(-c5ccccc5)cc(-c5ccccc5)c4)n3)cccc21.C1=CC2C(c3ccccc3N2c2cccc(-c3ccccc3)c2)c2c1oc1c(-c3nc(-c4ccccc4)nc(-c4ccccc4)n3)cccc21. The van der Waals surface area contributed by atoms with Gasteiger partial charge in [0.15, 0.2) is 34.9 Å². The van der Waals surface area contributed by atoms with Gasteiger partial charge in [0, 0.05) is 78.7 Å². The van der Waals surface area contributed by atoms with E-state index in [-0.39, 0.29) is 23.9 Å². The fraction of sp³-hybridized carbons (Fsp3) is 0.0392. The first kappa shape index (κ1) is 65.5. The predicted octanol–water partition coefficient (Wildman–Crippen LogP) is 25.3. The summed E-state index contributed by atoms with van der Waals surface area (Å²) in [6, 6.07) is 127. The monoisotopic (exact) mass is 1440 g/mol. The summed E-state index contributed by atoms with van der Waals surface area (Å²) in [5, 5.41) is 2.14. The molecule has 0 saturated carbocycles. The fourth-order valence-electron chi connectivity index (χ4n) is 17.1. The Morgan fingerprint density at radius 3 is 0.902 bits per heavy atom. The topological polar surface area (TPSA) is 110 Å². The van der Waals surface area contributed by atoms with Crippen molar-refractivity contribution in [1.82, 2.24) is 29.9 Å². The Hall–Kier alpha value is -14.7. The van der Waals surface area contributed by atoms with Crippen LogP contribution in [0.2, 0.25) is 0 Å². The number of nitrogens with zero attached hydrogens (tertiary/aromatic N) is 8. The average Bonchev–Trinajstić information content (AvgIpc) is 1.56. The zero-order valence-corrected chi connectivity index (χ0v) is 60.7. The normalized spacial score (nSPS) is 15.4. The largest absolute Gasteiger partial charge is 0.456 e. The van der Waals surface area contributed by atoms with E-state index in [1.165, 1.54) is 61.6 Å². The van der Waals surface area contributed by atoms with Crippen LogP contribution >= 0.6 is 0 Å². The highest BCUT2D eigenvalue weighted by atomic mass is 16.3. The molecule has 14 aromatic carbocycles. The maximum atomic E-state index is 6.96. The molecule has 2 aliphatic carbocycles. The first-order valence-corrected chi connectivity index (χ1v) is 38.0. The van der Waals surface area contributed by atoms with Crippen LogP contribution in [0.3, 0.4) is 0 Å². The van der Waals surface area contributed by atoms with E-state index in [1.807, 2.05) is 91.0 Å². The quantitative estimate of drug-likeness (QED) is 0.117. The van der Waals surface area contributed by atoms with Gasteiger partial charge in [-0.1, -0.05) is 309 Å². The molecule has 0 radical (unpaired) electrons. The molecule has 0 saturated heterocycles. The van der Waals surface area contributed by atoms with Gasteiger partial charge in [-0.2, -0.15) is 0 Å². The molecule has 10 nitrogen and oxygen atoms in total. The van der Waals surface area contributed by atoms with Crippen molar-refractivity contribution < 1.29 is 8.83 Å². The Balaban J connectivity index is 0.000000145. The van der Waals surface area contributed by atoms with Gasteiger partial charge in [0.05, 0.1) is 23.2 Å². The maximum absolute atomic E-state index is 6.96. The number of para-hydroxylation sites is 4. The fourth-order valence-corrected chi connectivity index (χ4v) is 17.1. The van der Waals surface area contributed by atoms with Crippen LogP contribution in [0.25, 0.3) is 147 Å². The summed E-state index contributed by atoms with van der Waals surface area (Å²) in [5.41, 5.74) is 25.8. The van der Waals surface area contributed by atoms with E-state index in [0.29, 0.717) is 34.9 Å². The van der Waals surface area contributed by atoms with E-state index in [4.69, 9.17) is 38.7 Å². The van der Waals surface area contributed by atoms with Crippen molar-refractivity contribution in [3.8, 4) is 113 Å². The minimum absolute atomic E-state index is 0.0500. The lowest BCUT2D eigenvalue weighted by Crippen LogP contribution is -2.30. The molecule has 0 bridgehead atoms. The smallest absolute Gasteiger partial charge is 0.167 e. The van der Waals surface area contributed by atoms with Crippen molar-refractivity contribution >= 4 is 56.8 Å². The predicted molar refractivity (Wildman–Crippen MR) is 453 cm³/mol. The molecular weight excluding hydrogens is 1370 g/mol. The summed E-state index contributed by atoms with van der Waals surface area (Å²) >= 11 is 0. The number of hydrogen-bond donors (Lipinski definition) is 0. The molecule has 6 heterocycles. The number of hydrogen-bond acceptors (Lipinski definition) is 10. The Morgan fingerprint density at radius 2 is 0.527 bits per heavy atom. The van der Waals surface area contributed by atoms with Crippen molar-refractivity contribution in [2.45, 2.75) is 23.9 Å². The summed E-state index contributed by atoms with van der Waals surface area (Å²) < 4.78 is 13.8. The highest BCUT2D eigenvalue weighted by Gasteiger charge is 2.45. The standard InChI is InChI=1S/C57H38N4O.C45H30N4O/c1-5-17-37(18-6-1)41-25-15-26-45(36-41)61-49-30-14-13-27-46(49)52-50(61)31-32-51-53(52)47-28-16-29-48(54(47)62-51)57-59-55(40-23-11-4-12-24-40)58-56(60-57)44-34-42(38-19-7-2-8-20-38)33-43(35-44)39-21-9-3-10-22-39;1-4-14-29(15-5-1)32-20-12-21-33(28-32)49-37-25-11-10-22-34(37)40-38(49)26-27-39-41(40)35-23-13-24-36(42(35)50-39)45-47-43(30-16-6-2-7-17-30)46-44(48-45)31-18-8-3-9-19-31/h1-36,50,52H;1-28,38,40H. The Bertz CT molecular complexity index is 6550. The molecular formula is C102H68N8O2. The molecule has 4 unspecified atom stereocenters. The van der Waals surface area contributed by atoms with Crippen LogP contribution in [0.15, 0.2) is 385 Å². The molecule has 112 heavy (non-hydrogen) atoms. The Labute approximate surface area is 648 Å². The Kier molecular flexibility index (Phi) is 16.3. The molecule has 10 heteroatoms. The highest BCUT2D eigenvalue weighted by molar-refractivity contribution is 6.00. The number of benzene rings is 14. The molecule has 0 N–H and O–H groups in total. The van der Waals surface area contributed by atoms with Gasteiger partial charge < -0.3 is 18.6 Å². The molecule has 0 spiro atoms. The third kappa shape index (κ3) is 11.7. The van der Waals surface area contributed by atoms with Crippen molar-refractivity contribution in [2.24, 2.45) is 0 Å². The van der Waals surface area contributed by atoms with Crippen LogP contribution in [0.1, 0.15) is 45.6 Å². The second-order valence-electron chi connectivity index (χ2n) is 28.7. The van der Waals surface area contributed by atoms with Crippen LogP contribution in [0.4, 0.5) is 22.7 Å². The van der Waals surface area contributed by atoms with Crippen LogP contribution in [0.5, 0.6) is 0 Å². The average molecular weight is 1440 g/mol. The molecule has 528 valence electrons. The van der Waals surface area contributed by atoms with E-state index >= 15 is 0 Å². The van der Waals surface area contributed by atoms with Crippen LogP contribution in [0, 0.1) is 0 Å². The number of anilines is 4. The maximum Gasteiger partial charge on any atom is 0.167 e. The van der Waals surface area contributed by atoms with Crippen molar-refractivity contribution in [1.29, 1.82) is 0 Å².